The van der Waals surface area contributed by atoms with E-state index in [0.29, 0.717) is 18.0 Å². The van der Waals surface area contributed by atoms with E-state index < -0.39 is 0 Å². The average Bonchev–Trinajstić information content (AvgIpc) is 3.17. The second-order valence-corrected chi connectivity index (χ2v) is 7.15. The first kappa shape index (κ1) is 19.3. The zero-order valence-electron chi connectivity index (χ0n) is 15.1. The van der Waals surface area contributed by atoms with Crippen LogP contribution >= 0.6 is 12.4 Å². The number of nitrogens with one attached hydrogen (secondary N) is 2. The van der Waals surface area contributed by atoms with Crippen molar-refractivity contribution in [1.82, 2.24) is 15.6 Å². The minimum absolute atomic E-state index is 0. The molecular formula is C21H28ClN3O. The van der Waals surface area contributed by atoms with Gasteiger partial charge in [-0.2, -0.15) is 0 Å². The predicted octanol–water partition coefficient (Wildman–Crippen LogP) is 3.42. The van der Waals surface area contributed by atoms with E-state index >= 15 is 0 Å². The highest BCUT2D eigenvalue weighted by molar-refractivity contribution is 5.85. The number of pyridine rings is 1. The molecule has 2 N–H and O–H groups in total. The molecule has 140 valence electrons. The summed E-state index contributed by atoms with van der Waals surface area (Å²) < 4.78 is 5.67. The van der Waals surface area contributed by atoms with Gasteiger partial charge in [0.15, 0.2) is 0 Å². The van der Waals surface area contributed by atoms with Gasteiger partial charge in [-0.05, 0) is 47.6 Å². The summed E-state index contributed by atoms with van der Waals surface area (Å²) in [6, 6.07) is 14.1. The SMILES string of the molecule is Cl.c1cc(-c2ccc(CNC3CCCC3C3COCCN3)cc2)ccn1. The Morgan fingerprint density at radius 1 is 1.04 bits per heavy atom. The molecule has 3 atom stereocenters. The quantitative estimate of drug-likeness (QED) is 0.843. The minimum atomic E-state index is 0. The second-order valence-electron chi connectivity index (χ2n) is 7.15. The molecule has 2 heterocycles. The molecule has 1 aliphatic carbocycles. The van der Waals surface area contributed by atoms with Crippen LogP contribution in [0.25, 0.3) is 11.1 Å². The number of nitrogens with zero attached hydrogens (tertiary/aromatic N) is 1. The van der Waals surface area contributed by atoms with Crippen LogP contribution in [0.1, 0.15) is 24.8 Å². The number of rotatable bonds is 5. The molecule has 2 fully saturated rings. The summed E-state index contributed by atoms with van der Waals surface area (Å²) in [6.45, 7) is 3.64. The van der Waals surface area contributed by atoms with Gasteiger partial charge < -0.3 is 15.4 Å². The summed E-state index contributed by atoms with van der Waals surface area (Å²) in [5.74, 6) is 0.691. The summed E-state index contributed by atoms with van der Waals surface area (Å²) >= 11 is 0. The third-order valence-electron chi connectivity index (χ3n) is 5.57. The van der Waals surface area contributed by atoms with E-state index in [9.17, 15) is 0 Å². The largest absolute Gasteiger partial charge is 0.379 e. The Labute approximate surface area is 162 Å². The topological polar surface area (TPSA) is 46.2 Å². The minimum Gasteiger partial charge on any atom is -0.379 e. The molecule has 0 radical (unpaired) electrons. The molecule has 4 nitrogen and oxygen atoms in total. The standard InChI is InChI=1S/C21H27N3O.ClH/c1-2-19(21-15-25-13-12-23-21)20(3-1)24-14-16-4-6-17(7-5-16)18-8-10-22-11-9-18;/h4-11,19-21,23-24H,1-3,12-15H2;1H. The Kier molecular flexibility index (Phi) is 7.03. The Morgan fingerprint density at radius 2 is 1.81 bits per heavy atom. The maximum absolute atomic E-state index is 5.67. The van der Waals surface area contributed by atoms with Gasteiger partial charge >= 0.3 is 0 Å². The van der Waals surface area contributed by atoms with E-state index in [1.807, 2.05) is 12.4 Å². The van der Waals surface area contributed by atoms with Crippen molar-refractivity contribution in [3.05, 3.63) is 54.4 Å². The van der Waals surface area contributed by atoms with Crippen molar-refractivity contribution in [3.63, 3.8) is 0 Å². The fraction of sp³-hybridized carbons (Fsp3) is 0.476. The van der Waals surface area contributed by atoms with E-state index in [2.05, 4.69) is 52.0 Å². The Morgan fingerprint density at radius 3 is 2.54 bits per heavy atom. The smallest absolute Gasteiger partial charge is 0.0623 e. The molecule has 0 bridgehead atoms. The van der Waals surface area contributed by atoms with E-state index in [-0.39, 0.29) is 12.4 Å². The molecule has 0 amide bonds. The number of ether oxygens (including phenoxy) is 1. The maximum atomic E-state index is 5.67. The first-order valence-electron chi connectivity index (χ1n) is 9.44. The van der Waals surface area contributed by atoms with Crippen molar-refractivity contribution in [2.24, 2.45) is 5.92 Å². The number of hydrogen-bond acceptors (Lipinski definition) is 4. The highest BCUT2D eigenvalue weighted by Gasteiger charge is 2.34. The zero-order valence-corrected chi connectivity index (χ0v) is 15.9. The maximum Gasteiger partial charge on any atom is 0.0623 e. The number of morpholine rings is 1. The Hall–Kier alpha value is -1.46. The van der Waals surface area contributed by atoms with Crippen LogP contribution in [0.15, 0.2) is 48.8 Å². The van der Waals surface area contributed by atoms with Crippen molar-refractivity contribution in [3.8, 4) is 11.1 Å². The molecule has 26 heavy (non-hydrogen) atoms. The molecule has 0 spiro atoms. The van der Waals surface area contributed by atoms with Crippen molar-refractivity contribution in [2.45, 2.75) is 37.9 Å². The predicted molar refractivity (Wildman–Crippen MR) is 107 cm³/mol. The molecule has 1 saturated carbocycles. The van der Waals surface area contributed by atoms with Gasteiger partial charge in [0.1, 0.15) is 0 Å². The molecule has 2 aliphatic rings. The van der Waals surface area contributed by atoms with Gasteiger partial charge in [0.05, 0.1) is 13.2 Å². The summed E-state index contributed by atoms with van der Waals surface area (Å²) in [7, 11) is 0. The van der Waals surface area contributed by atoms with E-state index in [0.717, 1.165) is 26.3 Å². The third-order valence-corrected chi connectivity index (χ3v) is 5.57. The van der Waals surface area contributed by atoms with Crippen molar-refractivity contribution < 1.29 is 4.74 Å². The fourth-order valence-electron chi connectivity index (χ4n) is 4.19. The number of halogens is 1. The lowest BCUT2D eigenvalue weighted by Gasteiger charge is -2.33. The van der Waals surface area contributed by atoms with Gasteiger partial charge in [-0.1, -0.05) is 30.7 Å². The lowest BCUT2D eigenvalue weighted by molar-refractivity contribution is 0.0524. The highest BCUT2D eigenvalue weighted by atomic mass is 35.5. The summed E-state index contributed by atoms with van der Waals surface area (Å²) in [4.78, 5) is 4.08. The van der Waals surface area contributed by atoms with E-state index in [4.69, 9.17) is 4.74 Å². The van der Waals surface area contributed by atoms with Crippen LogP contribution in [0.3, 0.4) is 0 Å². The molecule has 1 aromatic heterocycles. The molecule has 3 unspecified atom stereocenters. The molecular weight excluding hydrogens is 346 g/mol. The average molecular weight is 374 g/mol. The monoisotopic (exact) mass is 373 g/mol. The molecule has 4 rings (SSSR count). The van der Waals surface area contributed by atoms with Gasteiger partial charge in [-0.15, -0.1) is 12.4 Å². The van der Waals surface area contributed by atoms with Crippen molar-refractivity contribution >= 4 is 12.4 Å². The lowest BCUT2D eigenvalue weighted by atomic mass is 9.94. The van der Waals surface area contributed by atoms with Crippen molar-refractivity contribution in [1.29, 1.82) is 0 Å². The van der Waals surface area contributed by atoms with E-state index in [1.54, 1.807) is 0 Å². The molecule has 5 heteroatoms. The van der Waals surface area contributed by atoms with Crippen molar-refractivity contribution in [2.75, 3.05) is 19.8 Å². The lowest BCUT2D eigenvalue weighted by Crippen LogP contribution is -2.50. The third kappa shape index (κ3) is 4.63. The van der Waals surface area contributed by atoms with E-state index in [1.165, 1.54) is 36.0 Å². The van der Waals surface area contributed by atoms with Crippen LogP contribution < -0.4 is 10.6 Å². The van der Waals surface area contributed by atoms with Gasteiger partial charge in [0.25, 0.3) is 0 Å². The number of aromatic nitrogens is 1. The Bertz CT molecular complexity index is 659. The number of hydrogen-bond donors (Lipinski definition) is 2. The second kappa shape index (κ2) is 9.47. The van der Waals surface area contributed by atoms with Gasteiger partial charge in [-0.3, -0.25) is 4.98 Å². The van der Waals surface area contributed by atoms with Crippen LogP contribution in [-0.4, -0.2) is 36.8 Å². The summed E-state index contributed by atoms with van der Waals surface area (Å²) in [5.41, 5.74) is 3.80. The molecule has 1 aromatic carbocycles. The number of benzene rings is 1. The fourth-order valence-corrected chi connectivity index (χ4v) is 4.19. The zero-order chi connectivity index (χ0) is 16.9. The highest BCUT2D eigenvalue weighted by Crippen LogP contribution is 2.30. The van der Waals surface area contributed by atoms with Crippen LogP contribution in [0.5, 0.6) is 0 Å². The van der Waals surface area contributed by atoms with Crippen LogP contribution in [-0.2, 0) is 11.3 Å². The summed E-state index contributed by atoms with van der Waals surface area (Å²) in [5, 5.41) is 7.44. The van der Waals surface area contributed by atoms with Crippen LogP contribution in [0.2, 0.25) is 0 Å². The first-order valence-corrected chi connectivity index (χ1v) is 9.44. The normalized spacial score (nSPS) is 25.6. The molecule has 2 aromatic rings. The molecule has 1 aliphatic heterocycles. The van der Waals surface area contributed by atoms with Gasteiger partial charge in [0.2, 0.25) is 0 Å². The van der Waals surface area contributed by atoms with Gasteiger partial charge in [0, 0.05) is 37.6 Å². The van der Waals surface area contributed by atoms with Gasteiger partial charge in [-0.25, -0.2) is 0 Å². The first-order chi connectivity index (χ1) is 12.4. The summed E-state index contributed by atoms with van der Waals surface area (Å²) in [6.07, 6.45) is 7.58. The van der Waals surface area contributed by atoms with Crippen LogP contribution in [0.4, 0.5) is 0 Å². The van der Waals surface area contributed by atoms with Crippen LogP contribution in [0, 0.1) is 5.92 Å². The Balaban J connectivity index is 0.00000196. The molecule has 1 saturated heterocycles.